The molecule has 1 aliphatic heterocycles. The molecule has 2 heterocycles. The van der Waals surface area contributed by atoms with E-state index in [4.69, 9.17) is 33.7 Å². The Kier molecular flexibility index (Phi) is 3.20. The van der Waals surface area contributed by atoms with E-state index in [1.54, 1.807) is 6.07 Å². The molecule has 0 spiro atoms. The van der Waals surface area contributed by atoms with E-state index in [-0.39, 0.29) is 0 Å². The zero-order valence-electron chi connectivity index (χ0n) is 12.1. The number of nitrogen functional groups attached to an aromatic ring is 1. The van der Waals surface area contributed by atoms with Crippen molar-refractivity contribution in [3.63, 3.8) is 0 Å². The van der Waals surface area contributed by atoms with Gasteiger partial charge in [-0.25, -0.2) is 9.97 Å². The van der Waals surface area contributed by atoms with Gasteiger partial charge in [0, 0.05) is 23.1 Å². The van der Waals surface area contributed by atoms with Gasteiger partial charge in [-0.15, -0.1) is 0 Å². The summed E-state index contributed by atoms with van der Waals surface area (Å²) in [5.74, 6) is 1.41. The van der Waals surface area contributed by atoms with Crippen LogP contribution in [0.1, 0.15) is 36.1 Å². The molecule has 1 aliphatic carbocycles. The molecule has 114 valence electrons. The Morgan fingerprint density at radius 2 is 2.00 bits per heavy atom. The first-order valence-corrected chi connectivity index (χ1v) is 8.12. The Balaban J connectivity index is 2.02. The van der Waals surface area contributed by atoms with Crippen molar-refractivity contribution in [2.24, 2.45) is 0 Å². The first kappa shape index (κ1) is 14.1. The van der Waals surface area contributed by atoms with E-state index in [1.165, 1.54) is 0 Å². The predicted octanol–water partition coefficient (Wildman–Crippen LogP) is 4.02. The minimum absolute atomic E-state index is 0.293. The number of hydrogen-bond acceptors (Lipinski definition) is 4. The molecule has 0 saturated heterocycles. The highest BCUT2D eigenvalue weighted by Crippen LogP contribution is 2.47. The van der Waals surface area contributed by atoms with Gasteiger partial charge in [0.2, 0.25) is 5.95 Å². The van der Waals surface area contributed by atoms with Crippen LogP contribution in [0.2, 0.25) is 10.0 Å². The molecule has 22 heavy (non-hydrogen) atoms. The Morgan fingerprint density at radius 3 is 2.82 bits per heavy atom. The fraction of sp³-hybridized carbons (Fsp3) is 0.375. The van der Waals surface area contributed by atoms with Gasteiger partial charge in [0.15, 0.2) is 0 Å². The summed E-state index contributed by atoms with van der Waals surface area (Å²) in [6, 6.07) is 1.73. The van der Waals surface area contributed by atoms with Gasteiger partial charge in [0.05, 0.1) is 28.0 Å². The normalized spacial score (nSPS) is 19.0. The minimum atomic E-state index is 0.293. The smallest absolute Gasteiger partial charge is 0.220 e. The van der Waals surface area contributed by atoms with Crippen LogP contribution >= 0.6 is 23.2 Å². The zero-order valence-corrected chi connectivity index (χ0v) is 13.6. The third-order valence-corrected chi connectivity index (χ3v) is 5.05. The molecule has 0 saturated carbocycles. The third kappa shape index (κ3) is 1.97. The fourth-order valence-corrected chi connectivity index (χ4v) is 4.08. The van der Waals surface area contributed by atoms with Crippen molar-refractivity contribution < 1.29 is 4.74 Å². The number of benzene rings is 1. The zero-order chi connectivity index (χ0) is 15.4. The molecule has 0 amide bonds. The van der Waals surface area contributed by atoms with E-state index >= 15 is 0 Å². The number of rotatable bonds is 1. The Hall–Kier alpha value is -1.52. The van der Waals surface area contributed by atoms with Gasteiger partial charge in [0.1, 0.15) is 5.75 Å². The average Bonchev–Trinajstić information content (AvgIpc) is 3.07. The number of aromatic nitrogens is 2. The second kappa shape index (κ2) is 5.00. The van der Waals surface area contributed by atoms with Crippen molar-refractivity contribution in [1.82, 2.24) is 9.97 Å². The van der Waals surface area contributed by atoms with Gasteiger partial charge in [-0.2, -0.15) is 0 Å². The molecule has 1 unspecified atom stereocenters. The second-order valence-corrected chi connectivity index (χ2v) is 6.67. The van der Waals surface area contributed by atoms with Crippen LogP contribution in [0, 0.1) is 0 Å². The Morgan fingerprint density at radius 1 is 1.18 bits per heavy atom. The number of hydrogen-bond donors (Lipinski definition) is 1. The summed E-state index contributed by atoms with van der Waals surface area (Å²) in [6.07, 6.45) is 2.78. The summed E-state index contributed by atoms with van der Waals surface area (Å²) in [5, 5.41) is 1.14. The number of ether oxygens (including phenoxy) is 1. The van der Waals surface area contributed by atoms with Crippen LogP contribution in [0.4, 0.5) is 5.95 Å². The lowest BCUT2D eigenvalue weighted by Gasteiger charge is -2.15. The number of halogens is 2. The van der Waals surface area contributed by atoms with E-state index in [2.05, 4.69) is 16.9 Å². The highest BCUT2D eigenvalue weighted by atomic mass is 35.5. The summed E-state index contributed by atoms with van der Waals surface area (Å²) in [4.78, 5) is 8.93. The van der Waals surface area contributed by atoms with Gasteiger partial charge in [-0.05, 0) is 24.8 Å². The van der Waals surface area contributed by atoms with E-state index < -0.39 is 0 Å². The quantitative estimate of drug-likeness (QED) is 0.854. The molecule has 2 aliphatic rings. The molecule has 4 rings (SSSR count). The molecular weight excluding hydrogens is 321 g/mol. The third-order valence-electron chi connectivity index (χ3n) is 4.47. The van der Waals surface area contributed by atoms with Crippen molar-refractivity contribution >= 4 is 29.2 Å². The molecule has 0 radical (unpaired) electrons. The van der Waals surface area contributed by atoms with Gasteiger partial charge < -0.3 is 10.5 Å². The average molecular weight is 336 g/mol. The predicted molar refractivity (Wildman–Crippen MR) is 87.8 cm³/mol. The van der Waals surface area contributed by atoms with Gasteiger partial charge >= 0.3 is 0 Å². The van der Waals surface area contributed by atoms with Gasteiger partial charge in [-0.3, -0.25) is 0 Å². The summed E-state index contributed by atoms with van der Waals surface area (Å²) in [6.45, 7) is 2.78. The molecule has 1 aromatic carbocycles. The van der Waals surface area contributed by atoms with Crippen LogP contribution in [0.15, 0.2) is 6.07 Å². The number of anilines is 1. The van der Waals surface area contributed by atoms with Crippen molar-refractivity contribution in [1.29, 1.82) is 0 Å². The SMILES string of the molecule is CC1CCc2c(-c3c(Cl)cc(Cl)c4c3CCO4)nc(N)nc21. The molecular formula is C16H15Cl2N3O. The molecule has 0 fully saturated rings. The lowest BCUT2D eigenvalue weighted by Crippen LogP contribution is -2.05. The van der Waals surface area contributed by atoms with Crippen molar-refractivity contribution in [2.75, 3.05) is 12.3 Å². The van der Waals surface area contributed by atoms with Gasteiger partial charge in [-0.1, -0.05) is 30.1 Å². The van der Waals surface area contributed by atoms with Crippen LogP contribution in [0.3, 0.4) is 0 Å². The lowest BCUT2D eigenvalue weighted by molar-refractivity contribution is 0.357. The molecule has 0 bridgehead atoms. The highest BCUT2D eigenvalue weighted by molar-refractivity contribution is 6.37. The maximum atomic E-state index is 6.50. The van der Waals surface area contributed by atoms with Crippen LogP contribution in [0.5, 0.6) is 5.75 Å². The van der Waals surface area contributed by atoms with E-state index in [9.17, 15) is 0 Å². The molecule has 2 N–H and O–H groups in total. The molecule has 2 aromatic rings. The number of nitrogens with zero attached hydrogens (tertiary/aromatic N) is 2. The van der Waals surface area contributed by atoms with E-state index in [0.29, 0.717) is 28.5 Å². The van der Waals surface area contributed by atoms with Crippen molar-refractivity contribution in [2.45, 2.75) is 32.1 Å². The standard InChI is InChI=1S/C16H15Cl2N3O/c1-7-2-3-9-13(7)20-16(19)21-14(9)12-8-4-5-22-15(8)11(18)6-10(12)17/h6-7H,2-5H2,1H3,(H2,19,20,21). The largest absolute Gasteiger partial charge is 0.491 e. The fourth-order valence-electron chi connectivity index (χ4n) is 3.43. The maximum Gasteiger partial charge on any atom is 0.220 e. The summed E-state index contributed by atoms with van der Waals surface area (Å²) < 4.78 is 5.65. The molecule has 1 atom stereocenters. The highest BCUT2D eigenvalue weighted by Gasteiger charge is 2.30. The summed E-state index contributed by atoms with van der Waals surface area (Å²) >= 11 is 12.7. The van der Waals surface area contributed by atoms with Crippen molar-refractivity contribution in [3.05, 3.63) is 32.9 Å². The maximum absolute atomic E-state index is 6.50. The van der Waals surface area contributed by atoms with Crippen LogP contribution in [-0.2, 0) is 12.8 Å². The molecule has 1 aromatic heterocycles. The van der Waals surface area contributed by atoms with E-state index in [0.717, 1.165) is 53.1 Å². The van der Waals surface area contributed by atoms with Gasteiger partial charge in [0.25, 0.3) is 0 Å². The molecule has 4 nitrogen and oxygen atoms in total. The summed E-state index contributed by atoms with van der Waals surface area (Å²) in [5.41, 5.74) is 10.9. The molecule has 6 heteroatoms. The monoisotopic (exact) mass is 335 g/mol. The minimum Gasteiger partial charge on any atom is -0.491 e. The van der Waals surface area contributed by atoms with Crippen molar-refractivity contribution in [3.8, 4) is 17.0 Å². The number of nitrogens with two attached hydrogens (primary N) is 1. The van der Waals surface area contributed by atoms with E-state index in [1.807, 2.05) is 0 Å². The van der Waals surface area contributed by atoms with Crippen LogP contribution < -0.4 is 10.5 Å². The Labute approximate surface area is 138 Å². The number of fused-ring (bicyclic) bond motifs is 2. The Bertz CT molecular complexity index is 792. The summed E-state index contributed by atoms with van der Waals surface area (Å²) in [7, 11) is 0. The topological polar surface area (TPSA) is 61.0 Å². The first-order chi connectivity index (χ1) is 10.6. The first-order valence-electron chi connectivity index (χ1n) is 7.36. The van der Waals surface area contributed by atoms with Crippen LogP contribution in [0.25, 0.3) is 11.3 Å². The lowest BCUT2D eigenvalue weighted by atomic mass is 9.97. The second-order valence-electron chi connectivity index (χ2n) is 5.86. The van der Waals surface area contributed by atoms with Crippen LogP contribution in [-0.4, -0.2) is 16.6 Å².